The molecule has 0 fully saturated rings. The van der Waals surface area contributed by atoms with Crippen LogP contribution in [0.2, 0.25) is 0 Å². The fourth-order valence-electron chi connectivity index (χ4n) is 1.07. The van der Waals surface area contributed by atoms with Crippen LogP contribution >= 0.6 is 11.6 Å². The van der Waals surface area contributed by atoms with Crippen molar-refractivity contribution in [2.45, 2.75) is 19.3 Å². The summed E-state index contributed by atoms with van der Waals surface area (Å²) in [6.07, 6.45) is 1.59. The minimum absolute atomic E-state index is 0.316. The van der Waals surface area contributed by atoms with Gasteiger partial charge in [-0.05, 0) is 0 Å². The van der Waals surface area contributed by atoms with Gasteiger partial charge in [-0.3, -0.25) is 0 Å². The SMILES string of the molecule is Cc1nc(Cn2cnnc2CCl)no1. The van der Waals surface area contributed by atoms with Crippen LogP contribution in [0.4, 0.5) is 0 Å². The first-order valence-electron chi connectivity index (χ1n) is 4.01. The van der Waals surface area contributed by atoms with Gasteiger partial charge in [0.2, 0.25) is 5.89 Å². The second-order valence-corrected chi connectivity index (χ2v) is 3.01. The Morgan fingerprint density at radius 2 is 2.43 bits per heavy atom. The molecule has 0 unspecified atom stereocenters. The zero-order valence-corrected chi connectivity index (χ0v) is 8.27. The summed E-state index contributed by atoms with van der Waals surface area (Å²) in [6, 6.07) is 0. The van der Waals surface area contributed by atoms with Crippen LogP contribution in [0, 0.1) is 6.92 Å². The monoisotopic (exact) mass is 213 g/mol. The zero-order chi connectivity index (χ0) is 9.97. The Morgan fingerprint density at radius 1 is 1.57 bits per heavy atom. The number of aromatic nitrogens is 5. The van der Waals surface area contributed by atoms with Crippen molar-refractivity contribution >= 4 is 11.6 Å². The normalized spacial score (nSPS) is 10.7. The molecule has 14 heavy (non-hydrogen) atoms. The van der Waals surface area contributed by atoms with Crippen LogP contribution in [-0.4, -0.2) is 24.9 Å². The van der Waals surface area contributed by atoms with Gasteiger partial charge in [0.25, 0.3) is 0 Å². The lowest BCUT2D eigenvalue weighted by Crippen LogP contribution is -2.04. The number of rotatable bonds is 3. The van der Waals surface area contributed by atoms with E-state index in [2.05, 4.69) is 20.3 Å². The summed E-state index contributed by atoms with van der Waals surface area (Å²) >= 11 is 5.66. The number of nitrogens with zero attached hydrogens (tertiary/aromatic N) is 5. The van der Waals surface area contributed by atoms with Crippen LogP contribution in [0.3, 0.4) is 0 Å². The van der Waals surface area contributed by atoms with Gasteiger partial charge in [-0.15, -0.1) is 21.8 Å². The van der Waals surface area contributed by atoms with Crippen LogP contribution in [0.25, 0.3) is 0 Å². The predicted octanol–water partition coefficient (Wildman–Crippen LogP) is 0.757. The van der Waals surface area contributed by atoms with Crippen molar-refractivity contribution in [1.82, 2.24) is 24.9 Å². The topological polar surface area (TPSA) is 69.6 Å². The predicted molar refractivity (Wildman–Crippen MR) is 47.7 cm³/mol. The average molecular weight is 214 g/mol. The first-order valence-corrected chi connectivity index (χ1v) is 4.55. The van der Waals surface area contributed by atoms with Gasteiger partial charge in [-0.25, -0.2) is 0 Å². The Morgan fingerprint density at radius 3 is 3.07 bits per heavy atom. The van der Waals surface area contributed by atoms with Crippen LogP contribution < -0.4 is 0 Å². The molecule has 7 heteroatoms. The minimum Gasteiger partial charge on any atom is -0.340 e. The molecule has 0 bridgehead atoms. The molecule has 0 N–H and O–H groups in total. The van der Waals surface area contributed by atoms with Crippen molar-refractivity contribution in [3.63, 3.8) is 0 Å². The highest BCUT2D eigenvalue weighted by atomic mass is 35.5. The standard InChI is InChI=1S/C7H8ClN5O/c1-5-10-6(12-14-5)3-13-4-9-11-7(13)2-8/h4H,2-3H2,1H3. The highest BCUT2D eigenvalue weighted by Crippen LogP contribution is 2.03. The van der Waals surface area contributed by atoms with E-state index in [1.165, 1.54) is 0 Å². The number of hydrogen-bond acceptors (Lipinski definition) is 5. The van der Waals surface area contributed by atoms with Gasteiger partial charge in [0.15, 0.2) is 5.82 Å². The van der Waals surface area contributed by atoms with Crippen molar-refractivity contribution < 1.29 is 4.52 Å². The largest absolute Gasteiger partial charge is 0.340 e. The van der Waals surface area contributed by atoms with E-state index in [1.807, 2.05) is 0 Å². The van der Waals surface area contributed by atoms with Crippen LogP contribution in [-0.2, 0) is 12.4 Å². The second kappa shape index (κ2) is 3.75. The molecule has 2 aromatic rings. The van der Waals surface area contributed by atoms with Gasteiger partial charge in [0, 0.05) is 6.92 Å². The molecule has 2 aromatic heterocycles. The molecular weight excluding hydrogens is 206 g/mol. The van der Waals surface area contributed by atoms with Crippen molar-refractivity contribution in [3.05, 3.63) is 23.9 Å². The summed E-state index contributed by atoms with van der Waals surface area (Å²) in [5.41, 5.74) is 0. The van der Waals surface area contributed by atoms with E-state index in [-0.39, 0.29) is 0 Å². The van der Waals surface area contributed by atoms with E-state index in [0.717, 1.165) is 0 Å². The highest BCUT2D eigenvalue weighted by molar-refractivity contribution is 6.16. The molecule has 0 atom stereocenters. The van der Waals surface area contributed by atoms with Crippen molar-refractivity contribution in [2.75, 3.05) is 0 Å². The molecule has 0 aliphatic heterocycles. The minimum atomic E-state index is 0.316. The average Bonchev–Trinajstić information content (AvgIpc) is 2.76. The first-order chi connectivity index (χ1) is 6.79. The van der Waals surface area contributed by atoms with Crippen molar-refractivity contribution in [2.24, 2.45) is 0 Å². The summed E-state index contributed by atoms with van der Waals surface area (Å²) in [7, 11) is 0. The van der Waals surface area contributed by atoms with Gasteiger partial charge in [-0.1, -0.05) is 5.16 Å². The molecule has 0 saturated carbocycles. The molecule has 74 valence electrons. The van der Waals surface area contributed by atoms with E-state index in [0.29, 0.717) is 30.0 Å². The highest BCUT2D eigenvalue weighted by Gasteiger charge is 2.07. The third kappa shape index (κ3) is 1.74. The van der Waals surface area contributed by atoms with Gasteiger partial charge in [0.1, 0.15) is 12.2 Å². The molecule has 0 spiro atoms. The van der Waals surface area contributed by atoms with Gasteiger partial charge in [0.05, 0.1) is 12.4 Å². The van der Waals surface area contributed by atoms with E-state index < -0.39 is 0 Å². The maximum atomic E-state index is 5.66. The fourth-order valence-corrected chi connectivity index (χ4v) is 1.28. The molecule has 0 saturated heterocycles. The number of aryl methyl sites for hydroxylation is 1. The van der Waals surface area contributed by atoms with Gasteiger partial charge >= 0.3 is 0 Å². The maximum absolute atomic E-state index is 5.66. The third-order valence-corrected chi connectivity index (χ3v) is 1.94. The maximum Gasteiger partial charge on any atom is 0.223 e. The lowest BCUT2D eigenvalue weighted by molar-refractivity contribution is 0.386. The van der Waals surface area contributed by atoms with E-state index >= 15 is 0 Å². The van der Waals surface area contributed by atoms with Crippen molar-refractivity contribution in [1.29, 1.82) is 0 Å². The summed E-state index contributed by atoms with van der Waals surface area (Å²) in [5.74, 6) is 2.14. The number of alkyl halides is 1. The Hall–Kier alpha value is -1.43. The molecule has 6 nitrogen and oxygen atoms in total. The Kier molecular flexibility index (Phi) is 2.45. The zero-order valence-electron chi connectivity index (χ0n) is 7.51. The van der Waals surface area contributed by atoms with Crippen LogP contribution in [0.1, 0.15) is 17.5 Å². The molecule has 2 heterocycles. The van der Waals surface area contributed by atoms with Gasteiger partial charge in [-0.2, -0.15) is 4.98 Å². The van der Waals surface area contributed by atoms with Gasteiger partial charge < -0.3 is 9.09 Å². The molecule has 0 aliphatic carbocycles. The second-order valence-electron chi connectivity index (χ2n) is 2.74. The quantitative estimate of drug-likeness (QED) is 0.704. The smallest absolute Gasteiger partial charge is 0.223 e. The van der Waals surface area contributed by atoms with E-state index in [1.54, 1.807) is 17.8 Å². The van der Waals surface area contributed by atoms with Crippen molar-refractivity contribution in [3.8, 4) is 0 Å². The lowest BCUT2D eigenvalue weighted by Gasteiger charge is -1.98. The number of halogens is 1. The summed E-state index contributed by atoms with van der Waals surface area (Å²) in [4.78, 5) is 4.06. The molecule has 0 aromatic carbocycles. The van der Waals surface area contributed by atoms with E-state index in [4.69, 9.17) is 16.1 Å². The summed E-state index contributed by atoms with van der Waals surface area (Å²) < 4.78 is 6.61. The molecule has 2 rings (SSSR count). The Balaban J connectivity index is 2.18. The van der Waals surface area contributed by atoms with Crippen LogP contribution in [0.15, 0.2) is 10.9 Å². The fraction of sp³-hybridized carbons (Fsp3) is 0.429. The number of hydrogen-bond donors (Lipinski definition) is 0. The summed E-state index contributed by atoms with van der Waals surface area (Å²) in [6.45, 7) is 2.22. The van der Waals surface area contributed by atoms with Crippen LogP contribution in [0.5, 0.6) is 0 Å². The molecule has 0 radical (unpaired) electrons. The molecule has 0 amide bonds. The Bertz CT molecular complexity index is 423. The first kappa shape index (κ1) is 9.14. The lowest BCUT2D eigenvalue weighted by atomic mass is 10.5. The molecule has 0 aliphatic rings. The van der Waals surface area contributed by atoms with E-state index in [9.17, 15) is 0 Å². The Labute approximate surface area is 84.9 Å². The molecular formula is C7H8ClN5O. The summed E-state index contributed by atoms with van der Waals surface area (Å²) in [5, 5.41) is 11.3. The third-order valence-electron chi connectivity index (χ3n) is 1.70.